The molecule has 1 heterocycles. The summed E-state index contributed by atoms with van der Waals surface area (Å²) < 4.78 is 1.58. The van der Waals surface area contributed by atoms with Crippen LogP contribution in [0.2, 0.25) is 0 Å². The third kappa shape index (κ3) is 2.63. The Hall–Kier alpha value is -1.76. The summed E-state index contributed by atoms with van der Waals surface area (Å²) in [6, 6.07) is 1.65. The lowest BCUT2D eigenvalue weighted by Gasteiger charge is -2.08. The molecule has 0 aliphatic carbocycles. The van der Waals surface area contributed by atoms with Gasteiger partial charge in [-0.2, -0.15) is 5.10 Å². The first-order chi connectivity index (χ1) is 6.63. The van der Waals surface area contributed by atoms with E-state index in [1.165, 1.54) is 0 Å². The van der Waals surface area contributed by atoms with Gasteiger partial charge < -0.3 is 5.32 Å². The number of nitrogens with zero attached hydrogens (tertiary/aromatic N) is 2. The van der Waals surface area contributed by atoms with Crippen LogP contribution in [0.15, 0.2) is 12.3 Å². The van der Waals surface area contributed by atoms with Crippen LogP contribution in [0, 0.1) is 12.3 Å². The molecular formula is C10H13N3O. The van der Waals surface area contributed by atoms with Crippen LogP contribution in [0.4, 0.5) is 0 Å². The van der Waals surface area contributed by atoms with Crippen LogP contribution < -0.4 is 5.32 Å². The molecule has 1 atom stereocenters. The first kappa shape index (κ1) is 10.3. The lowest BCUT2D eigenvalue weighted by Crippen LogP contribution is -2.32. The van der Waals surface area contributed by atoms with Gasteiger partial charge in [0.2, 0.25) is 0 Å². The number of aryl methyl sites for hydroxylation is 1. The molecule has 74 valence electrons. The number of hydrogen-bond donors (Lipinski definition) is 1. The topological polar surface area (TPSA) is 46.9 Å². The van der Waals surface area contributed by atoms with E-state index in [1.807, 2.05) is 6.92 Å². The predicted molar refractivity (Wildman–Crippen MR) is 53.6 cm³/mol. The first-order valence-electron chi connectivity index (χ1n) is 4.37. The third-order valence-corrected chi connectivity index (χ3v) is 1.75. The van der Waals surface area contributed by atoms with Gasteiger partial charge in [0.1, 0.15) is 5.69 Å². The van der Waals surface area contributed by atoms with Gasteiger partial charge in [0.25, 0.3) is 5.91 Å². The summed E-state index contributed by atoms with van der Waals surface area (Å²) in [7, 11) is 1.77. The molecule has 1 unspecified atom stereocenters. The zero-order valence-corrected chi connectivity index (χ0v) is 8.32. The van der Waals surface area contributed by atoms with Gasteiger partial charge in [-0.25, -0.2) is 0 Å². The van der Waals surface area contributed by atoms with Crippen LogP contribution in [-0.2, 0) is 7.05 Å². The van der Waals surface area contributed by atoms with Gasteiger partial charge in [-0.05, 0) is 13.0 Å². The van der Waals surface area contributed by atoms with Gasteiger partial charge in [-0.15, -0.1) is 12.3 Å². The fraction of sp³-hybridized carbons (Fsp3) is 0.400. The molecule has 1 aromatic rings. The Bertz CT molecular complexity index is 362. The first-order valence-corrected chi connectivity index (χ1v) is 4.37. The van der Waals surface area contributed by atoms with Crippen molar-refractivity contribution in [2.75, 3.05) is 0 Å². The van der Waals surface area contributed by atoms with Crippen molar-refractivity contribution in [2.45, 2.75) is 19.4 Å². The molecule has 4 heteroatoms. The maximum absolute atomic E-state index is 11.5. The molecule has 0 aromatic carbocycles. The Morgan fingerprint density at radius 3 is 3.07 bits per heavy atom. The van der Waals surface area contributed by atoms with Crippen LogP contribution in [0.25, 0.3) is 0 Å². The van der Waals surface area contributed by atoms with Crippen LogP contribution >= 0.6 is 0 Å². The van der Waals surface area contributed by atoms with Gasteiger partial charge in [0, 0.05) is 25.7 Å². The minimum atomic E-state index is -0.187. The predicted octanol–water partition coefficient (Wildman–Crippen LogP) is 0.562. The molecular weight excluding hydrogens is 178 g/mol. The molecule has 0 spiro atoms. The van der Waals surface area contributed by atoms with E-state index >= 15 is 0 Å². The van der Waals surface area contributed by atoms with Crippen molar-refractivity contribution in [1.29, 1.82) is 0 Å². The summed E-state index contributed by atoms with van der Waals surface area (Å²) in [5, 5.41) is 6.73. The fourth-order valence-corrected chi connectivity index (χ4v) is 1.06. The molecule has 0 aliphatic rings. The second kappa shape index (κ2) is 4.47. The molecule has 14 heavy (non-hydrogen) atoms. The highest BCUT2D eigenvalue weighted by molar-refractivity contribution is 5.92. The number of amides is 1. The average molecular weight is 191 g/mol. The van der Waals surface area contributed by atoms with Crippen molar-refractivity contribution in [3.05, 3.63) is 18.0 Å². The van der Waals surface area contributed by atoms with Crippen LogP contribution in [0.3, 0.4) is 0 Å². The molecule has 1 amide bonds. The van der Waals surface area contributed by atoms with E-state index in [1.54, 1.807) is 24.0 Å². The number of aromatic nitrogens is 2. The van der Waals surface area contributed by atoms with Crippen molar-refractivity contribution in [1.82, 2.24) is 15.1 Å². The fourth-order valence-electron chi connectivity index (χ4n) is 1.06. The number of terminal acetylenes is 1. The van der Waals surface area contributed by atoms with Gasteiger partial charge in [0.05, 0.1) is 0 Å². The molecule has 1 N–H and O–H groups in total. The monoisotopic (exact) mass is 191 g/mol. The van der Waals surface area contributed by atoms with Crippen LogP contribution in [0.1, 0.15) is 23.8 Å². The van der Waals surface area contributed by atoms with Gasteiger partial charge >= 0.3 is 0 Å². The minimum Gasteiger partial charge on any atom is -0.347 e. The summed E-state index contributed by atoms with van der Waals surface area (Å²) in [4.78, 5) is 11.5. The number of carbonyl (C=O) groups excluding carboxylic acids is 1. The summed E-state index contributed by atoms with van der Waals surface area (Å²) in [5.74, 6) is 2.30. The van der Waals surface area contributed by atoms with Crippen molar-refractivity contribution in [3.63, 3.8) is 0 Å². The molecule has 0 saturated heterocycles. The van der Waals surface area contributed by atoms with E-state index in [0.717, 1.165) is 0 Å². The second-order valence-electron chi connectivity index (χ2n) is 3.16. The van der Waals surface area contributed by atoms with Crippen molar-refractivity contribution in [2.24, 2.45) is 7.05 Å². The van der Waals surface area contributed by atoms with Gasteiger partial charge in [-0.3, -0.25) is 9.48 Å². The van der Waals surface area contributed by atoms with Crippen molar-refractivity contribution < 1.29 is 4.79 Å². The SMILES string of the molecule is C#CCC(C)NC(=O)c1ccn(C)n1. The highest BCUT2D eigenvalue weighted by Gasteiger charge is 2.10. The maximum Gasteiger partial charge on any atom is 0.272 e. The Morgan fingerprint density at radius 1 is 1.86 bits per heavy atom. The Balaban J connectivity index is 2.55. The number of hydrogen-bond acceptors (Lipinski definition) is 2. The summed E-state index contributed by atoms with van der Waals surface area (Å²) >= 11 is 0. The van der Waals surface area contributed by atoms with E-state index in [2.05, 4.69) is 16.3 Å². The minimum absolute atomic E-state index is 0.0190. The Labute approximate surface area is 83.3 Å². The molecule has 1 aromatic heterocycles. The Morgan fingerprint density at radius 2 is 2.57 bits per heavy atom. The van der Waals surface area contributed by atoms with E-state index < -0.39 is 0 Å². The zero-order valence-electron chi connectivity index (χ0n) is 8.32. The van der Waals surface area contributed by atoms with E-state index in [-0.39, 0.29) is 11.9 Å². The molecule has 4 nitrogen and oxygen atoms in total. The Kier molecular flexibility index (Phi) is 3.29. The van der Waals surface area contributed by atoms with Gasteiger partial charge in [-0.1, -0.05) is 0 Å². The van der Waals surface area contributed by atoms with Crippen LogP contribution in [-0.4, -0.2) is 21.7 Å². The second-order valence-corrected chi connectivity index (χ2v) is 3.16. The van der Waals surface area contributed by atoms with E-state index in [9.17, 15) is 4.79 Å². The molecule has 0 fully saturated rings. The average Bonchev–Trinajstić information content (AvgIpc) is 2.52. The van der Waals surface area contributed by atoms with E-state index in [0.29, 0.717) is 12.1 Å². The smallest absolute Gasteiger partial charge is 0.272 e. The van der Waals surface area contributed by atoms with Gasteiger partial charge in [0.15, 0.2) is 0 Å². The van der Waals surface area contributed by atoms with E-state index in [4.69, 9.17) is 6.42 Å². The largest absolute Gasteiger partial charge is 0.347 e. The third-order valence-electron chi connectivity index (χ3n) is 1.75. The summed E-state index contributed by atoms with van der Waals surface area (Å²) in [6.07, 6.45) is 7.38. The lowest BCUT2D eigenvalue weighted by molar-refractivity contribution is 0.0935. The van der Waals surface area contributed by atoms with Crippen LogP contribution in [0.5, 0.6) is 0 Å². The summed E-state index contributed by atoms with van der Waals surface area (Å²) in [6.45, 7) is 1.86. The normalized spacial score (nSPS) is 11.8. The molecule has 0 aliphatic heterocycles. The highest BCUT2D eigenvalue weighted by atomic mass is 16.2. The van der Waals surface area contributed by atoms with Crippen molar-refractivity contribution >= 4 is 5.91 Å². The molecule has 1 rings (SSSR count). The zero-order chi connectivity index (χ0) is 10.6. The molecule has 0 saturated carbocycles. The highest BCUT2D eigenvalue weighted by Crippen LogP contribution is 1.96. The summed E-state index contributed by atoms with van der Waals surface area (Å²) in [5.41, 5.74) is 0.413. The lowest BCUT2D eigenvalue weighted by atomic mass is 10.2. The quantitative estimate of drug-likeness (QED) is 0.710. The number of rotatable bonds is 3. The standard InChI is InChI=1S/C10H13N3O/c1-4-5-8(2)11-10(14)9-6-7-13(3)12-9/h1,6-8H,5H2,2-3H3,(H,11,14). The van der Waals surface area contributed by atoms with Crippen molar-refractivity contribution in [3.8, 4) is 12.3 Å². The maximum atomic E-state index is 11.5. The molecule has 0 radical (unpaired) electrons. The number of nitrogens with one attached hydrogen (secondary N) is 1. The number of carbonyl (C=O) groups is 1. The molecule has 0 bridgehead atoms.